The summed E-state index contributed by atoms with van der Waals surface area (Å²) in [7, 11) is 1.93. The Balaban J connectivity index is 1.48. The second-order valence-corrected chi connectivity index (χ2v) is 6.95. The summed E-state index contributed by atoms with van der Waals surface area (Å²) in [6.45, 7) is 3.08. The second-order valence-electron chi connectivity index (χ2n) is 6.95. The number of benzene rings is 2. The molecule has 4 rings (SSSR count). The summed E-state index contributed by atoms with van der Waals surface area (Å²) in [5.74, 6) is 0.890. The maximum Gasteiger partial charge on any atom is 0.223 e. The Morgan fingerprint density at radius 3 is 3.04 bits per heavy atom. The van der Waals surface area contributed by atoms with Crippen LogP contribution in [0.3, 0.4) is 0 Å². The van der Waals surface area contributed by atoms with Crippen LogP contribution in [-0.2, 0) is 24.8 Å². The molecule has 0 aliphatic carbocycles. The predicted octanol–water partition coefficient (Wildman–Crippen LogP) is 3.14. The molecule has 3 aromatic rings. The third-order valence-corrected chi connectivity index (χ3v) is 5.05. The van der Waals surface area contributed by atoms with Crippen LogP contribution in [-0.4, -0.2) is 22.3 Å². The Morgan fingerprint density at radius 2 is 2.15 bits per heavy atom. The molecule has 0 radical (unpaired) electrons. The lowest BCUT2D eigenvalue weighted by molar-refractivity contribution is -0.125. The van der Waals surface area contributed by atoms with Crippen LogP contribution in [0.25, 0.3) is 10.9 Å². The van der Waals surface area contributed by atoms with E-state index in [9.17, 15) is 4.79 Å². The van der Waals surface area contributed by atoms with Crippen molar-refractivity contribution in [2.75, 3.05) is 6.61 Å². The maximum atomic E-state index is 12.7. The van der Waals surface area contributed by atoms with E-state index in [4.69, 9.17) is 4.74 Å². The van der Waals surface area contributed by atoms with Crippen molar-refractivity contribution in [1.29, 1.82) is 0 Å². The van der Waals surface area contributed by atoms with Crippen LogP contribution in [0.4, 0.5) is 0 Å². The molecule has 134 valence electrons. The monoisotopic (exact) mass is 349 g/mol. The number of hydrogen-bond donors (Lipinski definition) is 1. The third kappa shape index (κ3) is 3.17. The fraction of sp³-hybridized carbons (Fsp3) is 0.333. The molecule has 1 aliphatic heterocycles. The van der Waals surface area contributed by atoms with E-state index in [0.717, 1.165) is 34.3 Å². The Bertz CT molecular complexity index is 961. The van der Waals surface area contributed by atoms with Gasteiger partial charge in [-0.15, -0.1) is 0 Å². The van der Waals surface area contributed by atoms with Crippen molar-refractivity contribution in [2.45, 2.75) is 26.3 Å². The fourth-order valence-electron chi connectivity index (χ4n) is 3.61. The molecule has 2 aromatic carbocycles. The summed E-state index contributed by atoms with van der Waals surface area (Å²) in [6.07, 6.45) is 1.44. The normalized spacial score (nSPS) is 16.6. The lowest BCUT2D eigenvalue weighted by Crippen LogP contribution is -2.32. The number of para-hydroxylation sites is 1. The minimum absolute atomic E-state index is 0.0664. The van der Waals surface area contributed by atoms with Crippen LogP contribution >= 0.6 is 0 Å². The SMILES string of the molecule is Cc1ccc2c(c1)c(CNC(=O)C1CCOc3ccccc3C1)nn2C. The molecule has 0 fully saturated rings. The van der Waals surface area contributed by atoms with E-state index < -0.39 is 0 Å². The number of amides is 1. The molecule has 2 heterocycles. The number of aromatic nitrogens is 2. The Labute approximate surface area is 153 Å². The van der Waals surface area contributed by atoms with Gasteiger partial charge in [-0.25, -0.2) is 0 Å². The summed E-state index contributed by atoms with van der Waals surface area (Å²) < 4.78 is 7.64. The average Bonchev–Trinajstić information content (AvgIpc) is 2.82. The van der Waals surface area contributed by atoms with Crippen molar-refractivity contribution >= 4 is 16.8 Å². The molecule has 0 saturated carbocycles. The quantitative estimate of drug-likeness (QED) is 0.790. The van der Waals surface area contributed by atoms with Crippen LogP contribution in [0.2, 0.25) is 0 Å². The summed E-state index contributed by atoms with van der Waals surface area (Å²) in [5.41, 5.74) is 4.28. The Morgan fingerprint density at radius 1 is 1.31 bits per heavy atom. The van der Waals surface area contributed by atoms with Gasteiger partial charge in [-0.1, -0.05) is 29.8 Å². The van der Waals surface area contributed by atoms with Crippen LogP contribution in [0.1, 0.15) is 23.2 Å². The van der Waals surface area contributed by atoms with Crippen molar-refractivity contribution in [3.05, 3.63) is 59.3 Å². The summed E-state index contributed by atoms with van der Waals surface area (Å²) in [6, 6.07) is 14.2. The molecule has 1 aliphatic rings. The molecule has 1 aromatic heterocycles. The van der Waals surface area contributed by atoms with E-state index in [1.165, 1.54) is 5.56 Å². The molecule has 1 unspecified atom stereocenters. The average molecular weight is 349 g/mol. The zero-order chi connectivity index (χ0) is 18.1. The van der Waals surface area contributed by atoms with Crippen molar-refractivity contribution in [1.82, 2.24) is 15.1 Å². The van der Waals surface area contributed by atoms with E-state index in [1.807, 2.05) is 36.0 Å². The van der Waals surface area contributed by atoms with Crippen molar-refractivity contribution in [3.8, 4) is 5.75 Å². The van der Waals surface area contributed by atoms with Gasteiger partial charge in [-0.05, 0) is 43.5 Å². The highest BCUT2D eigenvalue weighted by molar-refractivity contribution is 5.84. The molecule has 1 amide bonds. The number of fused-ring (bicyclic) bond motifs is 2. The van der Waals surface area contributed by atoms with Crippen LogP contribution < -0.4 is 10.1 Å². The second kappa shape index (κ2) is 6.83. The zero-order valence-corrected chi connectivity index (χ0v) is 15.2. The summed E-state index contributed by atoms with van der Waals surface area (Å²) >= 11 is 0. The predicted molar refractivity (Wildman–Crippen MR) is 101 cm³/mol. The molecule has 1 atom stereocenters. The molecule has 5 nitrogen and oxygen atoms in total. The number of rotatable bonds is 3. The first-order valence-corrected chi connectivity index (χ1v) is 9.02. The minimum atomic E-state index is -0.0737. The van der Waals surface area contributed by atoms with Crippen LogP contribution in [0.15, 0.2) is 42.5 Å². The number of hydrogen-bond acceptors (Lipinski definition) is 3. The van der Waals surface area contributed by atoms with Gasteiger partial charge in [0.1, 0.15) is 5.75 Å². The smallest absolute Gasteiger partial charge is 0.223 e. The van der Waals surface area contributed by atoms with Gasteiger partial charge in [0.15, 0.2) is 0 Å². The van der Waals surface area contributed by atoms with Crippen molar-refractivity contribution < 1.29 is 9.53 Å². The first kappa shape index (κ1) is 16.6. The van der Waals surface area contributed by atoms with E-state index in [0.29, 0.717) is 19.6 Å². The molecule has 26 heavy (non-hydrogen) atoms. The van der Waals surface area contributed by atoms with Gasteiger partial charge in [-0.3, -0.25) is 9.48 Å². The minimum Gasteiger partial charge on any atom is -0.493 e. The largest absolute Gasteiger partial charge is 0.493 e. The van der Waals surface area contributed by atoms with E-state index in [-0.39, 0.29) is 11.8 Å². The summed E-state index contributed by atoms with van der Waals surface area (Å²) in [5, 5.41) is 8.76. The Hall–Kier alpha value is -2.82. The van der Waals surface area contributed by atoms with Gasteiger partial charge >= 0.3 is 0 Å². The molecular weight excluding hydrogens is 326 g/mol. The van der Waals surface area contributed by atoms with E-state index in [2.05, 4.69) is 35.5 Å². The van der Waals surface area contributed by atoms with Gasteiger partial charge in [0, 0.05) is 18.4 Å². The van der Waals surface area contributed by atoms with Crippen LogP contribution in [0, 0.1) is 12.8 Å². The molecule has 0 bridgehead atoms. The molecule has 0 saturated heterocycles. The molecule has 0 spiro atoms. The number of aryl methyl sites for hydroxylation is 2. The van der Waals surface area contributed by atoms with Gasteiger partial charge in [0.05, 0.1) is 24.4 Å². The van der Waals surface area contributed by atoms with Gasteiger partial charge in [0.25, 0.3) is 0 Å². The topological polar surface area (TPSA) is 56.1 Å². The summed E-state index contributed by atoms with van der Waals surface area (Å²) in [4.78, 5) is 12.7. The standard InChI is InChI=1S/C21H23N3O2/c1-14-7-8-19-17(11-14)18(23-24(19)2)13-22-21(25)16-9-10-26-20-6-4-3-5-15(20)12-16/h3-8,11,16H,9-10,12-13H2,1-2H3,(H,22,25). The highest BCUT2D eigenvalue weighted by atomic mass is 16.5. The van der Waals surface area contributed by atoms with Crippen LogP contribution in [0.5, 0.6) is 5.75 Å². The molecule has 5 heteroatoms. The van der Waals surface area contributed by atoms with Crippen molar-refractivity contribution in [3.63, 3.8) is 0 Å². The molecule has 1 N–H and O–H groups in total. The van der Waals surface area contributed by atoms with Gasteiger partial charge in [-0.2, -0.15) is 5.10 Å². The highest BCUT2D eigenvalue weighted by Crippen LogP contribution is 2.27. The number of nitrogens with zero attached hydrogens (tertiary/aromatic N) is 2. The van der Waals surface area contributed by atoms with E-state index >= 15 is 0 Å². The first-order chi connectivity index (χ1) is 12.6. The third-order valence-electron chi connectivity index (χ3n) is 5.05. The zero-order valence-electron chi connectivity index (χ0n) is 15.2. The Kier molecular flexibility index (Phi) is 4.37. The lowest BCUT2D eigenvalue weighted by atomic mass is 9.96. The highest BCUT2D eigenvalue weighted by Gasteiger charge is 2.24. The number of nitrogens with one attached hydrogen (secondary N) is 1. The first-order valence-electron chi connectivity index (χ1n) is 9.02. The number of ether oxygens (including phenoxy) is 1. The van der Waals surface area contributed by atoms with Gasteiger partial charge < -0.3 is 10.1 Å². The maximum absolute atomic E-state index is 12.7. The lowest BCUT2D eigenvalue weighted by Gasteiger charge is -2.13. The number of carbonyl (C=O) groups is 1. The van der Waals surface area contributed by atoms with E-state index in [1.54, 1.807) is 0 Å². The fourth-order valence-corrected chi connectivity index (χ4v) is 3.61. The van der Waals surface area contributed by atoms with Gasteiger partial charge in [0.2, 0.25) is 5.91 Å². The number of carbonyl (C=O) groups excluding carboxylic acids is 1. The molecular formula is C21H23N3O2. The van der Waals surface area contributed by atoms with Crippen molar-refractivity contribution in [2.24, 2.45) is 13.0 Å².